The fourth-order valence-electron chi connectivity index (χ4n) is 2.56. The number of ketones is 1. The Morgan fingerprint density at radius 3 is 2.79 bits per heavy atom. The van der Waals surface area contributed by atoms with Crippen LogP contribution in [0.3, 0.4) is 0 Å². The standard InChI is InChI=1S/C17H19N3O2S2/c1-9(2)20-16(22)14-10(3)11(4)24-15(14)19-17(20)23-8-13(21)12-6-5-7-18-12/h5-7,9,18H,8H2,1-4H3. The number of hydrogen-bond donors (Lipinski definition) is 1. The van der Waals surface area contributed by atoms with Crippen molar-refractivity contribution in [2.45, 2.75) is 38.9 Å². The zero-order valence-corrected chi connectivity index (χ0v) is 15.7. The second kappa shape index (κ2) is 6.57. The van der Waals surface area contributed by atoms with Crippen LogP contribution in [0.2, 0.25) is 0 Å². The average Bonchev–Trinajstić information content (AvgIpc) is 3.14. The molecule has 126 valence electrons. The number of aromatic amines is 1. The normalized spacial score (nSPS) is 11.5. The number of rotatable bonds is 5. The number of aromatic nitrogens is 3. The number of nitrogens with one attached hydrogen (secondary N) is 1. The van der Waals surface area contributed by atoms with Crippen molar-refractivity contribution in [3.8, 4) is 0 Å². The molecule has 3 heterocycles. The molecule has 0 spiro atoms. The second-order valence-corrected chi connectivity index (χ2v) is 8.07. The lowest BCUT2D eigenvalue weighted by Gasteiger charge is -2.15. The van der Waals surface area contributed by atoms with E-state index in [1.807, 2.05) is 27.7 Å². The van der Waals surface area contributed by atoms with E-state index in [0.717, 1.165) is 15.3 Å². The predicted molar refractivity (Wildman–Crippen MR) is 99.6 cm³/mol. The van der Waals surface area contributed by atoms with E-state index in [0.29, 0.717) is 16.2 Å². The first-order valence-electron chi connectivity index (χ1n) is 7.71. The average molecular weight is 361 g/mol. The van der Waals surface area contributed by atoms with Gasteiger partial charge in [-0.1, -0.05) is 11.8 Å². The molecule has 0 unspecified atom stereocenters. The minimum absolute atomic E-state index is 0.00630. The zero-order chi connectivity index (χ0) is 17.4. The molecule has 0 aliphatic carbocycles. The first kappa shape index (κ1) is 17.0. The molecule has 3 aromatic heterocycles. The van der Waals surface area contributed by atoms with Crippen LogP contribution in [0.1, 0.15) is 40.8 Å². The molecule has 0 aliphatic heterocycles. The fourth-order valence-corrected chi connectivity index (χ4v) is 4.64. The van der Waals surface area contributed by atoms with E-state index in [2.05, 4.69) is 9.97 Å². The van der Waals surface area contributed by atoms with E-state index in [4.69, 9.17) is 0 Å². The number of aryl methyl sites for hydroxylation is 2. The first-order valence-corrected chi connectivity index (χ1v) is 9.52. The maximum atomic E-state index is 12.9. The molecule has 0 bridgehead atoms. The Morgan fingerprint density at radius 2 is 2.17 bits per heavy atom. The lowest BCUT2D eigenvalue weighted by Crippen LogP contribution is -2.25. The molecule has 0 saturated heterocycles. The van der Waals surface area contributed by atoms with Crippen molar-refractivity contribution in [3.63, 3.8) is 0 Å². The summed E-state index contributed by atoms with van der Waals surface area (Å²) in [5.74, 6) is 0.238. The summed E-state index contributed by atoms with van der Waals surface area (Å²) in [4.78, 5) is 34.6. The lowest BCUT2D eigenvalue weighted by molar-refractivity contribution is 0.101. The van der Waals surface area contributed by atoms with Crippen molar-refractivity contribution in [1.82, 2.24) is 14.5 Å². The van der Waals surface area contributed by atoms with Crippen molar-refractivity contribution in [2.24, 2.45) is 0 Å². The third kappa shape index (κ3) is 2.93. The molecule has 0 fully saturated rings. The molecule has 0 aromatic carbocycles. The van der Waals surface area contributed by atoms with Gasteiger partial charge in [0.2, 0.25) is 0 Å². The third-order valence-electron chi connectivity index (χ3n) is 3.95. The van der Waals surface area contributed by atoms with Gasteiger partial charge in [0.25, 0.3) is 5.56 Å². The number of carbonyl (C=O) groups excluding carboxylic acids is 1. The Hall–Kier alpha value is -1.86. The summed E-state index contributed by atoms with van der Waals surface area (Å²) >= 11 is 2.85. The maximum absolute atomic E-state index is 12.9. The number of thiophene rings is 1. The van der Waals surface area contributed by atoms with Gasteiger partial charge >= 0.3 is 0 Å². The van der Waals surface area contributed by atoms with Crippen molar-refractivity contribution < 1.29 is 4.79 Å². The van der Waals surface area contributed by atoms with Gasteiger partial charge in [-0.05, 0) is 45.4 Å². The van der Waals surface area contributed by atoms with E-state index >= 15 is 0 Å². The number of Topliss-reactive ketones (excluding diaryl/α,β-unsaturated/α-hetero) is 1. The van der Waals surface area contributed by atoms with Gasteiger partial charge in [0.1, 0.15) is 4.83 Å². The molecular weight excluding hydrogens is 342 g/mol. The molecule has 3 aromatic rings. The van der Waals surface area contributed by atoms with E-state index < -0.39 is 0 Å². The van der Waals surface area contributed by atoms with Crippen molar-refractivity contribution in [1.29, 1.82) is 0 Å². The Kier molecular flexibility index (Phi) is 4.64. The Labute approximate surface area is 148 Å². The highest BCUT2D eigenvalue weighted by atomic mass is 32.2. The Bertz CT molecular complexity index is 953. The molecule has 0 atom stereocenters. The van der Waals surface area contributed by atoms with Gasteiger partial charge in [-0.25, -0.2) is 4.98 Å². The van der Waals surface area contributed by atoms with Crippen LogP contribution in [0.5, 0.6) is 0 Å². The highest BCUT2D eigenvalue weighted by Gasteiger charge is 2.19. The summed E-state index contributed by atoms with van der Waals surface area (Å²) in [5.41, 5.74) is 1.55. The molecular formula is C17H19N3O2S2. The quantitative estimate of drug-likeness (QED) is 0.424. The molecule has 7 heteroatoms. The van der Waals surface area contributed by atoms with Crippen molar-refractivity contribution in [2.75, 3.05) is 5.75 Å². The van der Waals surface area contributed by atoms with Crippen LogP contribution in [-0.2, 0) is 0 Å². The predicted octanol–water partition coefficient (Wildman–Crippen LogP) is 3.96. The van der Waals surface area contributed by atoms with Gasteiger partial charge in [-0.3, -0.25) is 14.2 Å². The zero-order valence-electron chi connectivity index (χ0n) is 14.0. The fraction of sp³-hybridized carbons (Fsp3) is 0.353. The van der Waals surface area contributed by atoms with Crippen LogP contribution in [-0.4, -0.2) is 26.1 Å². The first-order chi connectivity index (χ1) is 11.4. The molecule has 0 amide bonds. The number of carbonyl (C=O) groups is 1. The second-order valence-electron chi connectivity index (χ2n) is 5.92. The van der Waals surface area contributed by atoms with Crippen LogP contribution in [0.15, 0.2) is 28.3 Å². The summed E-state index contributed by atoms with van der Waals surface area (Å²) in [5, 5.41) is 1.30. The number of hydrogen-bond acceptors (Lipinski definition) is 5. The van der Waals surface area contributed by atoms with Gasteiger partial charge in [0.15, 0.2) is 10.9 Å². The van der Waals surface area contributed by atoms with Crippen molar-refractivity contribution >= 4 is 39.1 Å². The monoisotopic (exact) mass is 361 g/mol. The number of nitrogens with zero attached hydrogens (tertiary/aromatic N) is 2. The van der Waals surface area contributed by atoms with Crippen LogP contribution in [0.25, 0.3) is 10.2 Å². The number of fused-ring (bicyclic) bond motifs is 1. The van der Waals surface area contributed by atoms with Crippen LogP contribution in [0.4, 0.5) is 0 Å². The lowest BCUT2D eigenvalue weighted by atomic mass is 10.2. The minimum atomic E-state index is -0.0216. The summed E-state index contributed by atoms with van der Waals surface area (Å²) < 4.78 is 1.69. The molecule has 1 N–H and O–H groups in total. The van der Waals surface area contributed by atoms with Crippen molar-refractivity contribution in [3.05, 3.63) is 44.8 Å². The highest BCUT2D eigenvalue weighted by molar-refractivity contribution is 7.99. The summed E-state index contributed by atoms with van der Waals surface area (Å²) in [6.07, 6.45) is 1.73. The van der Waals surface area contributed by atoms with E-state index in [1.165, 1.54) is 23.1 Å². The Morgan fingerprint density at radius 1 is 1.42 bits per heavy atom. The molecule has 5 nitrogen and oxygen atoms in total. The maximum Gasteiger partial charge on any atom is 0.263 e. The molecule has 0 saturated carbocycles. The third-order valence-corrected chi connectivity index (χ3v) is 6.00. The minimum Gasteiger partial charge on any atom is -0.359 e. The largest absolute Gasteiger partial charge is 0.359 e. The number of thioether (sulfide) groups is 1. The van der Waals surface area contributed by atoms with Gasteiger partial charge in [-0.15, -0.1) is 11.3 Å². The van der Waals surface area contributed by atoms with E-state index in [1.54, 1.807) is 22.9 Å². The van der Waals surface area contributed by atoms with Crippen LogP contribution < -0.4 is 5.56 Å². The topological polar surface area (TPSA) is 67.8 Å². The van der Waals surface area contributed by atoms with E-state index in [9.17, 15) is 9.59 Å². The summed E-state index contributed by atoms with van der Waals surface area (Å²) in [6, 6.07) is 3.53. The Balaban J connectivity index is 2.02. The summed E-state index contributed by atoms with van der Waals surface area (Å²) in [6.45, 7) is 7.88. The van der Waals surface area contributed by atoms with Crippen LogP contribution >= 0.6 is 23.1 Å². The molecule has 0 aliphatic rings. The summed E-state index contributed by atoms with van der Waals surface area (Å²) in [7, 11) is 0. The smallest absolute Gasteiger partial charge is 0.263 e. The number of H-pyrrole nitrogens is 1. The van der Waals surface area contributed by atoms with Gasteiger partial charge in [0, 0.05) is 17.1 Å². The highest BCUT2D eigenvalue weighted by Crippen LogP contribution is 2.29. The molecule has 24 heavy (non-hydrogen) atoms. The van der Waals surface area contributed by atoms with Gasteiger partial charge < -0.3 is 4.98 Å². The van der Waals surface area contributed by atoms with E-state index in [-0.39, 0.29) is 23.1 Å². The SMILES string of the molecule is Cc1sc2nc(SCC(=O)c3ccc[nH]3)n(C(C)C)c(=O)c2c1C. The molecule has 0 radical (unpaired) electrons. The molecule has 3 rings (SSSR count). The van der Waals surface area contributed by atoms with Crippen LogP contribution in [0, 0.1) is 13.8 Å². The van der Waals surface area contributed by atoms with Gasteiger partial charge in [0.05, 0.1) is 16.8 Å². The van der Waals surface area contributed by atoms with Gasteiger partial charge in [-0.2, -0.15) is 0 Å².